The fourth-order valence-corrected chi connectivity index (χ4v) is 3.50. The molecule has 0 aliphatic heterocycles. The Bertz CT molecular complexity index is 419. The molecular formula is C18H32N2O. The van der Waals surface area contributed by atoms with Crippen molar-refractivity contribution in [3.8, 4) is 0 Å². The Morgan fingerprint density at radius 1 is 1.19 bits per heavy atom. The molecule has 2 atom stereocenters. The first-order valence-electron chi connectivity index (χ1n) is 8.73. The highest BCUT2D eigenvalue weighted by molar-refractivity contribution is 5.02. The van der Waals surface area contributed by atoms with Gasteiger partial charge in [-0.3, -0.25) is 4.68 Å². The van der Waals surface area contributed by atoms with Gasteiger partial charge in [-0.25, -0.2) is 0 Å². The topological polar surface area (TPSA) is 38.0 Å². The van der Waals surface area contributed by atoms with E-state index in [4.69, 9.17) is 0 Å². The van der Waals surface area contributed by atoms with Crippen LogP contribution in [-0.2, 0) is 6.42 Å². The van der Waals surface area contributed by atoms with Gasteiger partial charge >= 0.3 is 0 Å². The summed E-state index contributed by atoms with van der Waals surface area (Å²) in [5, 5.41) is 15.1. The summed E-state index contributed by atoms with van der Waals surface area (Å²) in [5.74, 6) is 2.11. The zero-order valence-corrected chi connectivity index (χ0v) is 14.1. The third-order valence-corrected chi connectivity index (χ3v) is 5.43. The van der Waals surface area contributed by atoms with Gasteiger partial charge in [-0.2, -0.15) is 5.10 Å². The highest BCUT2D eigenvalue weighted by Crippen LogP contribution is 2.35. The molecule has 1 N–H and O–H groups in total. The molecule has 21 heavy (non-hydrogen) atoms. The number of rotatable bonds is 6. The molecule has 1 aromatic rings. The Morgan fingerprint density at radius 3 is 2.38 bits per heavy atom. The number of hydrogen-bond donors (Lipinski definition) is 1. The van der Waals surface area contributed by atoms with E-state index < -0.39 is 0 Å². The first kappa shape index (κ1) is 16.5. The predicted molar refractivity (Wildman–Crippen MR) is 87.2 cm³/mol. The molecule has 0 aromatic carbocycles. The molecule has 0 bridgehead atoms. The summed E-state index contributed by atoms with van der Waals surface area (Å²) in [6, 6.07) is 2.51. The first-order valence-corrected chi connectivity index (χ1v) is 8.73. The molecule has 1 aliphatic rings. The summed E-state index contributed by atoms with van der Waals surface area (Å²) >= 11 is 0. The van der Waals surface area contributed by atoms with Gasteiger partial charge in [-0.05, 0) is 62.8 Å². The lowest BCUT2D eigenvalue weighted by Crippen LogP contribution is -2.29. The maximum absolute atomic E-state index is 10.5. The van der Waals surface area contributed by atoms with E-state index in [9.17, 15) is 5.11 Å². The van der Waals surface area contributed by atoms with Crippen LogP contribution in [-0.4, -0.2) is 21.0 Å². The Morgan fingerprint density at radius 2 is 1.81 bits per heavy atom. The number of hydrogen-bond acceptors (Lipinski definition) is 2. The van der Waals surface area contributed by atoms with Gasteiger partial charge in [0.15, 0.2) is 0 Å². The van der Waals surface area contributed by atoms with Crippen molar-refractivity contribution in [1.29, 1.82) is 0 Å². The van der Waals surface area contributed by atoms with Crippen LogP contribution in [0.4, 0.5) is 0 Å². The highest BCUT2D eigenvalue weighted by Gasteiger charge is 2.28. The van der Waals surface area contributed by atoms with E-state index in [1.165, 1.54) is 25.7 Å². The van der Waals surface area contributed by atoms with E-state index in [2.05, 4.69) is 38.9 Å². The molecule has 0 saturated heterocycles. The summed E-state index contributed by atoms with van der Waals surface area (Å²) in [7, 11) is 0. The van der Waals surface area contributed by atoms with E-state index in [0.717, 1.165) is 24.0 Å². The van der Waals surface area contributed by atoms with Crippen LogP contribution < -0.4 is 0 Å². The molecule has 3 nitrogen and oxygen atoms in total. The summed E-state index contributed by atoms with van der Waals surface area (Å²) in [6.45, 7) is 9.00. The Labute approximate surface area is 129 Å². The van der Waals surface area contributed by atoms with Gasteiger partial charge in [0.25, 0.3) is 0 Å². The van der Waals surface area contributed by atoms with E-state index in [0.29, 0.717) is 18.4 Å². The van der Waals surface area contributed by atoms with Crippen molar-refractivity contribution in [2.75, 3.05) is 0 Å². The van der Waals surface area contributed by atoms with Crippen LogP contribution in [0.2, 0.25) is 0 Å². The molecule has 2 unspecified atom stereocenters. The smallest absolute Gasteiger partial charge is 0.0650 e. The second-order valence-corrected chi connectivity index (χ2v) is 7.23. The molecular weight excluding hydrogens is 260 g/mol. The summed E-state index contributed by atoms with van der Waals surface area (Å²) < 4.78 is 2.03. The average molecular weight is 292 g/mol. The molecule has 1 heterocycles. The zero-order valence-electron chi connectivity index (χ0n) is 14.1. The Balaban J connectivity index is 1.84. The van der Waals surface area contributed by atoms with Crippen LogP contribution in [0.25, 0.3) is 0 Å². The van der Waals surface area contributed by atoms with Crippen molar-refractivity contribution < 1.29 is 5.11 Å². The molecule has 120 valence electrons. The van der Waals surface area contributed by atoms with E-state index in [1.807, 2.05) is 10.9 Å². The molecule has 1 aliphatic carbocycles. The Hall–Kier alpha value is -0.830. The summed E-state index contributed by atoms with van der Waals surface area (Å²) in [4.78, 5) is 0. The maximum Gasteiger partial charge on any atom is 0.0650 e. The number of aromatic nitrogens is 2. The summed E-state index contributed by atoms with van der Waals surface area (Å²) in [5.41, 5.74) is 1.04. The van der Waals surface area contributed by atoms with Crippen molar-refractivity contribution in [2.45, 2.75) is 78.4 Å². The average Bonchev–Trinajstić information content (AvgIpc) is 2.95. The van der Waals surface area contributed by atoms with Gasteiger partial charge in [0, 0.05) is 18.7 Å². The molecule has 1 aromatic heterocycles. The standard InChI is InChI=1S/C18H32N2O/c1-5-14(4)20-11-10-17(19-20)12-18(21)16-8-6-15(7-9-16)13(2)3/h10-11,13-16,18,21H,5-9,12H2,1-4H3. The van der Waals surface area contributed by atoms with Gasteiger partial charge in [0.1, 0.15) is 0 Å². The molecule has 0 spiro atoms. The molecule has 0 radical (unpaired) electrons. The largest absolute Gasteiger partial charge is 0.392 e. The van der Waals surface area contributed by atoms with Gasteiger partial charge in [0.05, 0.1) is 11.8 Å². The van der Waals surface area contributed by atoms with Crippen LogP contribution in [0.3, 0.4) is 0 Å². The van der Waals surface area contributed by atoms with E-state index in [1.54, 1.807) is 0 Å². The monoisotopic (exact) mass is 292 g/mol. The van der Waals surface area contributed by atoms with Crippen LogP contribution >= 0.6 is 0 Å². The zero-order chi connectivity index (χ0) is 15.4. The fraction of sp³-hybridized carbons (Fsp3) is 0.833. The fourth-order valence-electron chi connectivity index (χ4n) is 3.50. The second-order valence-electron chi connectivity index (χ2n) is 7.23. The molecule has 0 amide bonds. The number of aliphatic hydroxyl groups excluding tert-OH is 1. The lowest BCUT2D eigenvalue weighted by atomic mass is 9.74. The minimum Gasteiger partial charge on any atom is -0.392 e. The van der Waals surface area contributed by atoms with Crippen molar-refractivity contribution in [3.63, 3.8) is 0 Å². The second kappa shape index (κ2) is 7.44. The molecule has 1 fully saturated rings. The lowest BCUT2D eigenvalue weighted by Gasteiger charge is -2.33. The summed E-state index contributed by atoms with van der Waals surface area (Å²) in [6.07, 6.45) is 8.53. The molecule has 3 heteroatoms. The van der Waals surface area contributed by atoms with Gasteiger partial charge < -0.3 is 5.11 Å². The maximum atomic E-state index is 10.5. The number of aliphatic hydroxyl groups is 1. The lowest BCUT2D eigenvalue weighted by molar-refractivity contribution is 0.0666. The van der Waals surface area contributed by atoms with Crippen LogP contribution in [0, 0.1) is 17.8 Å². The third kappa shape index (κ3) is 4.32. The van der Waals surface area contributed by atoms with Gasteiger partial charge in [-0.1, -0.05) is 20.8 Å². The van der Waals surface area contributed by atoms with Crippen molar-refractivity contribution >= 4 is 0 Å². The van der Waals surface area contributed by atoms with Gasteiger partial charge in [0.2, 0.25) is 0 Å². The molecule has 2 rings (SSSR count). The van der Waals surface area contributed by atoms with Crippen LogP contribution in [0.1, 0.15) is 71.5 Å². The van der Waals surface area contributed by atoms with Crippen molar-refractivity contribution in [2.24, 2.45) is 17.8 Å². The quantitative estimate of drug-likeness (QED) is 0.852. The van der Waals surface area contributed by atoms with Crippen LogP contribution in [0.15, 0.2) is 12.3 Å². The number of nitrogens with zero attached hydrogens (tertiary/aromatic N) is 2. The predicted octanol–water partition coefficient (Wildman–Crippen LogP) is 4.22. The minimum atomic E-state index is -0.224. The normalized spacial score (nSPS) is 26.0. The van der Waals surface area contributed by atoms with Crippen molar-refractivity contribution in [3.05, 3.63) is 18.0 Å². The van der Waals surface area contributed by atoms with Crippen molar-refractivity contribution in [1.82, 2.24) is 9.78 Å². The van der Waals surface area contributed by atoms with Gasteiger partial charge in [-0.15, -0.1) is 0 Å². The third-order valence-electron chi connectivity index (χ3n) is 5.43. The Kier molecular flexibility index (Phi) is 5.86. The van der Waals surface area contributed by atoms with Crippen LogP contribution in [0.5, 0.6) is 0 Å². The minimum absolute atomic E-state index is 0.224. The van der Waals surface area contributed by atoms with E-state index >= 15 is 0 Å². The highest BCUT2D eigenvalue weighted by atomic mass is 16.3. The van der Waals surface area contributed by atoms with E-state index in [-0.39, 0.29) is 6.10 Å². The SMILES string of the molecule is CCC(C)n1ccc(CC(O)C2CCC(C(C)C)CC2)n1. The molecule has 1 saturated carbocycles. The first-order chi connectivity index (χ1) is 10.0.